The van der Waals surface area contributed by atoms with Crippen molar-refractivity contribution in [3.05, 3.63) is 46.7 Å². The first-order valence-electron chi connectivity index (χ1n) is 6.49. The van der Waals surface area contributed by atoms with Crippen molar-refractivity contribution in [1.29, 1.82) is 0 Å². The van der Waals surface area contributed by atoms with Gasteiger partial charge in [-0.3, -0.25) is 0 Å². The van der Waals surface area contributed by atoms with Crippen LogP contribution in [-0.2, 0) is 19.3 Å². The van der Waals surface area contributed by atoms with E-state index in [1.807, 2.05) is 0 Å². The molecule has 3 nitrogen and oxygen atoms in total. The van der Waals surface area contributed by atoms with E-state index in [9.17, 15) is 0 Å². The number of benzene rings is 1. The zero-order valence-electron chi connectivity index (χ0n) is 11.1. The van der Waals surface area contributed by atoms with Gasteiger partial charge in [0.25, 0.3) is 0 Å². The van der Waals surface area contributed by atoms with E-state index in [0.717, 1.165) is 37.0 Å². The molecule has 0 unspecified atom stereocenters. The molecule has 2 aromatic rings. The Labute approximate surface area is 108 Å². The Bertz CT molecular complexity index is 517. The van der Waals surface area contributed by atoms with Gasteiger partial charge in [-0.25, -0.2) is 0 Å². The van der Waals surface area contributed by atoms with Crippen LogP contribution in [0, 0.1) is 6.92 Å². The molecule has 0 saturated heterocycles. The van der Waals surface area contributed by atoms with Crippen molar-refractivity contribution in [3.63, 3.8) is 0 Å². The fourth-order valence-electron chi connectivity index (χ4n) is 2.20. The fourth-order valence-corrected chi connectivity index (χ4v) is 2.20. The minimum absolute atomic E-state index is 0.552. The number of nitrogen functional groups attached to an aromatic ring is 1. The van der Waals surface area contributed by atoms with Gasteiger partial charge in [0.2, 0.25) is 0 Å². The number of hydrogen-bond acceptors (Lipinski definition) is 3. The topological polar surface area (TPSA) is 52.0 Å². The zero-order valence-corrected chi connectivity index (χ0v) is 11.1. The van der Waals surface area contributed by atoms with Crippen LogP contribution in [0.2, 0.25) is 0 Å². The molecule has 1 heterocycles. The maximum Gasteiger partial charge on any atom is 0.170 e. The first-order valence-corrected chi connectivity index (χ1v) is 6.49. The number of rotatable bonds is 5. The predicted octanol–water partition coefficient (Wildman–Crippen LogP) is 3.30. The van der Waals surface area contributed by atoms with Gasteiger partial charge in [0.05, 0.1) is 0 Å². The van der Waals surface area contributed by atoms with Crippen LogP contribution in [0.3, 0.4) is 0 Å². The Kier molecular flexibility index (Phi) is 4.03. The standard InChI is InChI=1S/C15H20N2O/c1-3-5-13-14(18-17-15(13)16)9-8-12-7-4-6-11(2)10-12/h4,6-7,10H,3,5,8-9H2,1-2H3,(H2,16,17). The first-order chi connectivity index (χ1) is 8.70. The lowest BCUT2D eigenvalue weighted by molar-refractivity contribution is 0.384. The van der Waals surface area contributed by atoms with Crippen LogP contribution < -0.4 is 5.73 Å². The van der Waals surface area contributed by atoms with Gasteiger partial charge in [-0.05, 0) is 25.3 Å². The second-order valence-electron chi connectivity index (χ2n) is 4.71. The van der Waals surface area contributed by atoms with Crippen molar-refractivity contribution in [2.24, 2.45) is 0 Å². The van der Waals surface area contributed by atoms with Gasteiger partial charge in [0, 0.05) is 12.0 Å². The molecule has 0 aliphatic rings. The smallest absolute Gasteiger partial charge is 0.170 e. The average molecular weight is 244 g/mol. The average Bonchev–Trinajstić information content (AvgIpc) is 2.69. The van der Waals surface area contributed by atoms with Crippen molar-refractivity contribution in [3.8, 4) is 0 Å². The summed E-state index contributed by atoms with van der Waals surface area (Å²) in [6.07, 6.45) is 3.83. The highest BCUT2D eigenvalue weighted by Crippen LogP contribution is 2.20. The predicted molar refractivity (Wildman–Crippen MR) is 73.5 cm³/mol. The molecular weight excluding hydrogens is 224 g/mol. The summed E-state index contributed by atoms with van der Waals surface area (Å²) >= 11 is 0. The largest absolute Gasteiger partial charge is 0.381 e. The molecule has 1 aromatic carbocycles. The highest BCUT2D eigenvalue weighted by Gasteiger charge is 2.12. The van der Waals surface area contributed by atoms with Crippen molar-refractivity contribution in [2.75, 3.05) is 5.73 Å². The lowest BCUT2D eigenvalue weighted by Gasteiger charge is -2.02. The van der Waals surface area contributed by atoms with E-state index < -0.39 is 0 Å². The third kappa shape index (κ3) is 2.92. The van der Waals surface area contributed by atoms with E-state index in [1.165, 1.54) is 11.1 Å². The third-order valence-electron chi connectivity index (χ3n) is 3.12. The quantitative estimate of drug-likeness (QED) is 0.878. The summed E-state index contributed by atoms with van der Waals surface area (Å²) in [5.74, 6) is 1.49. The molecule has 0 aliphatic carbocycles. The third-order valence-corrected chi connectivity index (χ3v) is 3.12. The molecule has 2 N–H and O–H groups in total. The molecule has 0 fully saturated rings. The van der Waals surface area contributed by atoms with Crippen LogP contribution in [-0.4, -0.2) is 5.16 Å². The van der Waals surface area contributed by atoms with Gasteiger partial charge < -0.3 is 10.3 Å². The summed E-state index contributed by atoms with van der Waals surface area (Å²) < 4.78 is 5.32. The maximum atomic E-state index is 5.82. The molecule has 0 saturated carbocycles. The van der Waals surface area contributed by atoms with Crippen LogP contribution in [0.15, 0.2) is 28.8 Å². The van der Waals surface area contributed by atoms with Crippen LogP contribution in [0.5, 0.6) is 0 Å². The Morgan fingerprint density at radius 3 is 2.78 bits per heavy atom. The molecule has 96 valence electrons. The Morgan fingerprint density at radius 1 is 1.22 bits per heavy atom. The second kappa shape index (κ2) is 5.71. The molecular formula is C15H20N2O. The fraction of sp³-hybridized carbons (Fsp3) is 0.400. The summed E-state index contributed by atoms with van der Waals surface area (Å²) in [5, 5.41) is 3.87. The number of aromatic nitrogens is 1. The molecule has 0 aliphatic heterocycles. The van der Waals surface area contributed by atoms with E-state index in [1.54, 1.807) is 0 Å². The summed E-state index contributed by atoms with van der Waals surface area (Å²) in [6.45, 7) is 4.25. The van der Waals surface area contributed by atoms with Crippen LogP contribution in [0.4, 0.5) is 5.82 Å². The summed E-state index contributed by atoms with van der Waals surface area (Å²) in [6, 6.07) is 8.55. The van der Waals surface area contributed by atoms with Gasteiger partial charge in [-0.1, -0.05) is 48.3 Å². The van der Waals surface area contributed by atoms with Crippen molar-refractivity contribution in [1.82, 2.24) is 5.16 Å². The SMILES string of the molecule is CCCc1c(N)noc1CCc1cccc(C)c1. The normalized spacial score (nSPS) is 10.8. The lowest BCUT2D eigenvalue weighted by Crippen LogP contribution is -1.97. The van der Waals surface area contributed by atoms with Gasteiger partial charge in [0.1, 0.15) is 5.76 Å². The number of hydrogen-bond donors (Lipinski definition) is 1. The van der Waals surface area contributed by atoms with E-state index in [2.05, 4.69) is 43.3 Å². The van der Waals surface area contributed by atoms with E-state index in [-0.39, 0.29) is 0 Å². The first kappa shape index (κ1) is 12.7. The number of aryl methyl sites for hydroxylation is 3. The molecule has 0 amide bonds. The Balaban J connectivity index is 2.06. The van der Waals surface area contributed by atoms with Gasteiger partial charge in [-0.2, -0.15) is 0 Å². The van der Waals surface area contributed by atoms with Crippen LogP contribution >= 0.6 is 0 Å². The summed E-state index contributed by atoms with van der Waals surface area (Å²) in [7, 11) is 0. The number of anilines is 1. The van der Waals surface area contributed by atoms with Crippen molar-refractivity contribution in [2.45, 2.75) is 39.5 Å². The molecule has 0 bridgehead atoms. The minimum atomic E-state index is 0.552. The molecule has 18 heavy (non-hydrogen) atoms. The summed E-state index contributed by atoms with van der Waals surface area (Å²) in [5.41, 5.74) is 9.52. The van der Waals surface area contributed by atoms with E-state index in [0.29, 0.717) is 5.82 Å². The van der Waals surface area contributed by atoms with E-state index >= 15 is 0 Å². The Hall–Kier alpha value is -1.77. The van der Waals surface area contributed by atoms with Gasteiger partial charge in [-0.15, -0.1) is 0 Å². The van der Waals surface area contributed by atoms with Gasteiger partial charge in [0.15, 0.2) is 5.82 Å². The van der Waals surface area contributed by atoms with Crippen LogP contribution in [0.1, 0.15) is 35.8 Å². The highest BCUT2D eigenvalue weighted by molar-refractivity contribution is 5.40. The molecule has 1 aromatic heterocycles. The number of nitrogens with zero attached hydrogens (tertiary/aromatic N) is 1. The Morgan fingerprint density at radius 2 is 2.06 bits per heavy atom. The molecule has 0 atom stereocenters. The lowest BCUT2D eigenvalue weighted by atomic mass is 10.0. The molecule has 3 heteroatoms. The summed E-state index contributed by atoms with van der Waals surface area (Å²) in [4.78, 5) is 0. The van der Waals surface area contributed by atoms with Crippen molar-refractivity contribution >= 4 is 5.82 Å². The number of nitrogens with two attached hydrogens (primary N) is 1. The van der Waals surface area contributed by atoms with Crippen molar-refractivity contribution < 1.29 is 4.52 Å². The van der Waals surface area contributed by atoms with Gasteiger partial charge >= 0.3 is 0 Å². The van der Waals surface area contributed by atoms with E-state index in [4.69, 9.17) is 10.3 Å². The molecule has 2 rings (SSSR count). The second-order valence-corrected chi connectivity index (χ2v) is 4.71. The monoisotopic (exact) mass is 244 g/mol. The minimum Gasteiger partial charge on any atom is -0.381 e. The van der Waals surface area contributed by atoms with Crippen LogP contribution in [0.25, 0.3) is 0 Å². The zero-order chi connectivity index (χ0) is 13.0. The molecule has 0 spiro atoms. The maximum absolute atomic E-state index is 5.82. The molecule has 0 radical (unpaired) electrons. The highest BCUT2D eigenvalue weighted by atomic mass is 16.5.